The molecule has 0 aromatic heterocycles. The predicted octanol–water partition coefficient (Wildman–Crippen LogP) is 5.86. The van der Waals surface area contributed by atoms with E-state index in [0.717, 1.165) is 26.6 Å². The molecule has 0 atom stereocenters. The van der Waals surface area contributed by atoms with Gasteiger partial charge in [-0.25, -0.2) is 9.69 Å². The molecule has 3 aromatic rings. The van der Waals surface area contributed by atoms with Gasteiger partial charge in [-0.3, -0.25) is 9.59 Å². The van der Waals surface area contributed by atoms with Gasteiger partial charge in [0.1, 0.15) is 10.6 Å². The molecular weight excluding hydrogens is 460 g/mol. The number of nitrogens with zero attached hydrogens (tertiary/aromatic N) is 1. The molecule has 3 aromatic carbocycles. The maximum Gasteiger partial charge on any atom is 0.340 e. The van der Waals surface area contributed by atoms with E-state index in [2.05, 4.69) is 5.32 Å². The first-order valence-electron chi connectivity index (χ1n) is 11.4. The van der Waals surface area contributed by atoms with E-state index in [1.54, 1.807) is 24.3 Å². The van der Waals surface area contributed by atoms with E-state index >= 15 is 0 Å². The van der Waals surface area contributed by atoms with Crippen molar-refractivity contribution in [1.29, 1.82) is 0 Å². The number of esters is 1. The second-order valence-corrected chi connectivity index (χ2v) is 9.17. The van der Waals surface area contributed by atoms with Gasteiger partial charge in [0.2, 0.25) is 0 Å². The molecule has 1 aliphatic heterocycles. The van der Waals surface area contributed by atoms with Crippen LogP contribution in [0.5, 0.6) is 0 Å². The second kappa shape index (κ2) is 10.6. The maximum atomic E-state index is 13.7. The van der Waals surface area contributed by atoms with Crippen molar-refractivity contribution in [1.82, 2.24) is 0 Å². The Labute approximate surface area is 209 Å². The Bertz CT molecular complexity index is 1320. The minimum atomic E-state index is -0.573. The molecule has 0 saturated carbocycles. The summed E-state index contributed by atoms with van der Waals surface area (Å²) in [5.41, 5.74) is 3.32. The molecule has 7 heteroatoms. The zero-order valence-corrected chi connectivity index (χ0v) is 20.6. The van der Waals surface area contributed by atoms with Crippen LogP contribution >= 0.6 is 11.8 Å². The Morgan fingerprint density at radius 1 is 0.914 bits per heavy atom. The first-order chi connectivity index (χ1) is 16.9. The van der Waals surface area contributed by atoms with Crippen molar-refractivity contribution in [2.45, 2.75) is 32.1 Å². The molecule has 0 saturated heterocycles. The fraction of sp³-hybridized carbons (Fsp3) is 0.179. The van der Waals surface area contributed by atoms with Gasteiger partial charge in [-0.1, -0.05) is 61.2 Å². The summed E-state index contributed by atoms with van der Waals surface area (Å²) in [6, 6.07) is 21.7. The number of amides is 2. The highest BCUT2D eigenvalue weighted by atomic mass is 32.2. The van der Waals surface area contributed by atoms with Crippen molar-refractivity contribution in [3.05, 3.63) is 100 Å². The monoisotopic (exact) mass is 486 g/mol. The standard InChI is InChI=1S/C28H26N2O4S/c1-4-17-34-28(33)21-14-8-9-16-23(21)30-26(31)24(29-22-15-10-11-18(2)19(22)3)25(27(30)32)35-20-12-6-5-7-13-20/h5-16,29H,4,17H2,1-3H3. The van der Waals surface area contributed by atoms with Gasteiger partial charge in [-0.15, -0.1) is 0 Å². The number of nitrogens with one attached hydrogen (secondary N) is 1. The highest BCUT2D eigenvalue weighted by Gasteiger charge is 2.41. The van der Waals surface area contributed by atoms with Gasteiger partial charge < -0.3 is 10.1 Å². The van der Waals surface area contributed by atoms with E-state index in [4.69, 9.17) is 4.74 Å². The molecule has 178 valence electrons. The van der Waals surface area contributed by atoms with Crippen molar-refractivity contribution in [3.8, 4) is 0 Å². The first kappa shape index (κ1) is 24.3. The van der Waals surface area contributed by atoms with Crippen LogP contribution in [0.4, 0.5) is 11.4 Å². The zero-order valence-electron chi connectivity index (χ0n) is 19.8. The number of carbonyl (C=O) groups excluding carboxylic acids is 3. The summed E-state index contributed by atoms with van der Waals surface area (Å²) in [4.78, 5) is 42.3. The van der Waals surface area contributed by atoms with Crippen LogP contribution in [-0.2, 0) is 14.3 Å². The third-order valence-corrected chi connectivity index (χ3v) is 6.76. The molecule has 1 N–H and O–H groups in total. The average Bonchev–Trinajstić information content (AvgIpc) is 3.09. The zero-order chi connectivity index (χ0) is 24.9. The molecule has 1 aliphatic rings. The van der Waals surface area contributed by atoms with Gasteiger partial charge in [0.25, 0.3) is 11.8 Å². The molecule has 0 unspecified atom stereocenters. The molecule has 1 heterocycles. The summed E-state index contributed by atoms with van der Waals surface area (Å²) < 4.78 is 5.30. The van der Waals surface area contributed by atoms with E-state index in [-0.39, 0.29) is 28.5 Å². The van der Waals surface area contributed by atoms with Crippen molar-refractivity contribution < 1.29 is 19.1 Å². The number of rotatable bonds is 8. The minimum absolute atomic E-state index is 0.166. The Balaban J connectivity index is 1.77. The highest BCUT2D eigenvalue weighted by Crippen LogP contribution is 2.39. The number of aryl methyl sites for hydroxylation is 1. The topological polar surface area (TPSA) is 75.7 Å². The number of hydrogen-bond donors (Lipinski definition) is 1. The molecule has 0 bridgehead atoms. The Morgan fingerprint density at radius 3 is 2.37 bits per heavy atom. The molecule has 0 fully saturated rings. The number of carbonyl (C=O) groups is 3. The summed E-state index contributed by atoms with van der Waals surface area (Å²) in [5, 5.41) is 3.21. The van der Waals surface area contributed by atoms with Crippen LogP contribution in [-0.4, -0.2) is 24.4 Å². The van der Waals surface area contributed by atoms with Gasteiger partial charge >= 0.3 is 5.97 Å². The molecule has 0 radical (unpaired) electrons. The number of ether oxygens (including phenoxy) is 1. The van der Waals surface area contributed by atoms with Gasteiger partial charge in [0.15, 0.2) is 0 Å². The largest absolute Gasteiger partial charge is 0.462 e. The SMILES string of the molecule is CCCOC(=O)c1ccccc1N1C(=O)C(Nc2cccc(C)c2C)=C(Sc2ccccc2)C1=O. The third-order valence-electron chi connectivity index (χ3n) is 5.67. The maximum absolute atomic E-state index is 13.7. The van der Waals surface area contributed by atoms with E-state index in [0.29, 0.717) is 6.42 Å². The fourth-order valence-electron chi connectivity index (χ4n) is 3.67. The highest BCUT2D eigenvalue weighted by molar-refractivity contribution is 8.04. The Morgan fingerprint density at radius 2 is 1.63 bits per heavy atom. The van der Waals surface area contributed by atoms with Gasteiger partial charge in [-0.05, 0) is 61.7 Å². The van der Waals surface area contributed by atoms with Crippen LogP contribution in [0.1, 0.15) is 34.8 Å². The van der Waals surface area contributed by atoms with Crippen LogP contribution in [0, 0.1) is 13.8 Å². The van der Waals surface area contributed by atoms with Crippen LogP contribution in [0.3, 0.4) is 0 Å². The molecule has 0 aliphatic carbocycles. The Kier molecular flexibility index (Phi) is 7.36. The van der Waals surface area contributed by atoms with E-state index in [9.17, 15) is 14.4 Å². The van der Waals surface area contributed by atoms with Gasteiger partial charge in [-0.2, -0.15) is 0 Å². The number of benzene rings is 3. The van der Waals surface area contributed by atoms with Crippen LogP contribution in [0.15, 0.2) is 88.3 Å². The number of anilines is 2. The number of para-hydroxylation sites is 1. The summed E-state index contributed by atoms with van der Waals surface area (Å²) >= 11 is 1.22. The van der Waals surface area contributed by atoms with Crippen molar-refractivity contribution in [2.24, 2.45) is 0 Å². The van der Waals surface area contributed by atoms with Gasteiger partial charge in [0.05, 0.1) is 17.9 Å². The minimum Gasteiger partial charge on any atom is -0.462 e. The summed E-state index contributed by atoms with van der Waals surface area (Å²) in [6.45, 7) is 6.09. The lowest BCUT2D eigenvalue weighted by Crippen LogP contribution is -2.33. The number of thioether (sulfide) groups is 1. The Hall–Kier alpha value is -3.84. The van der Waals surface area contributed by atoms with E-state index in [1.165, 1.54) is 11.8 Å². The second-order valence-electron chi connectivity index (χ2n) is 8.09. The van der Waals surface area contributed by atoms with E-state index < -0.39 is 17.8 Å². The lowest BCUT2D eigenvalue weighted by atomic mass is 10.1. The third kappa shape index (κ3) is 5.00. The normalized spacial score (nSPS) is 13.4. The van der Waals surface area contributed by atoms with Crippen molar-refractivity contribution >= 4 is 40.9 Å². The summed E-state index contributed by atoms with van der Waals surface area (Å²) in [7, 11) is 0. The lowest BCUT2D eigenvalue weighted by molar-refractivity contribution is -0.120. The van der Waals surface area contributed by atoms with Crippen LogP contribution < -0.4 is 10.2 Å². The molecule has 0 spiro atoms. The lowest BCUT2D eigenvalue weighted by Gasteiger charge is -2.18. The molecule has 2 amide bonds. The first-order valence-corrected chi connectivity index (χ1v) is 12.2. The fourth-order valence-corrected chi connectivity index (χ4v) is 4.62. The average molecular weight is 487 g/mol. The van der Waals surface area contributed by atoms with Crippen molar-refractivity contribution in [2.75, 3.05) is 16.8 Å². The quantitative estimate of drug-likeness (QED) is 0.318. The van der Waals surface area contributed by atoms with E-state index in [1.807, 2.05) is 69.3 Å². The molecule has 35 heavy (non-hydrogen) atoms. The number of imide groups is 1. The van der Waals surface area contributed by atoms with Crippen molar-refractivity contribution in [3.63, 3.8) is 0 Å². The predicted molar refractivity (Wildman–Crippen MR) is 138 cm³/mol. The van der Waals surface area contributed by atoms with Crippen LogP contribution in [0.2, 0.25) is 0 Å². The molecule has 6 nitrogen and oxygen atoms in total. The summed E-state index contributed by atoms with van der Waals surface area (Å²) in [6.07, 6.45) is 0.665. The summed E-state index contributed by atoms with van der Waals surface area (Å²) in [5.74, 6) is -1.59. The molecular formula is C28H26N2O4S. The van der Waals surface area contributed by atoms with Gasteiger partial charge in [0, 0.05) is 10.6 Å². The number of hydrogen-bond acceptors (Lipinski definition) is 6. The smallest absolute Gasteiger partial charge is 0.340 e. The van der Waals surface area contributed by atoms with Crippen LogP contribution in [0.25, 0.3) is 0 Å². The molecule has 4 rings (SSSR count).